The van der Waals surface area contributed by atoms with Gasteiger partial charge in [0, 0.05) is 11.8 Å². The quantitative estimate of drug-likeness (QED) is 0.846. The van der Waals surface area contributed by atoms with Gasteiger partial charge >= 0.3 is 5.97 Å². The van der Waals surface area contributed by atoms with Gasteiger partial charge in [0.1, 0.15) is 13.2 Å². The van der Waals surface area contributed by atoms with E-state index in [0.717, 1.165) is 5.56 Å². The van der Waals surface area contributed by atoms with Crippen molar-refractivity contribution in [2.24, 2.45) is 0 Å². The summed E-state index contributed by atoms with van der Waals surface area (Å²) in [4.78, 5) is 24.1. The third-order valence-electron chi connectivity index (χ3n) is 3.68. The molecule has 1 aliphatic heterocycles. The van der Waals surface area contributed by atoms with Crippen molar-refractivity contribution in [2.75, 3.05) is 18.5 Å². The van der Waals surface area contributed by atoms with Crippen molar-refractivity contribution in [3.8, 4) is 11.5 Å². The Morgan fingerprint density at radius 1 is 1.08 bits per heavy atom. The molecule has 1 N–H and O–H groups in total. The minimum absolute atomic E-state index is 0.127. The highest BCUT2D eigenvalue weighted by Gasteiger charge is 2.19. The molecule has 0 aromatic heterocycles. The number of benzene rings is 2. The van der Waals surface area contributed by atoms with Crippen LogP contribution in [0.15, 0.2) is 48.5 Å². The molecule has 0 bridgehead atoms. The number of esters is 1. The number of fused-ring (bicyclic) bond motifs is 1. The molecule has 130 valence electrons. The Hall–Kier alpha value is -3.02. The van der Waals surface area contributed by atoms with Crippen LogP contribution in [0.3, 0.4) is 0 Å². The normalized spacial score (nSPS) is 13.6. The molecule has 1 amide bonds. The molecule has 25 heavy (non-hydrogen) atoms. The average molecular weight is 341 g/mol. The molecule has 0 fully saturated rings. The predicted octanol–water partition coefficient (Wildman–Crippen LogP) is 2.57. The lowest BCUT2D eigenvalue weighted by atomic mass is 10.1. The van der Waals surface area contributed by atoms with E-state index >= 15 is 0 Å². The molecule has 1 heterocycles. The van der Waals surface area contributed by atoms with Crippen molar-refractivity contribution in [2.45, 2.75) is 19.4 Å². The van der Waals surface area contributed by atoms with Crippen LogP contribution in [0.5, 0.6) is 11.5 Å². The van der Waals surface area contributed by atoms with E-state index in [9.17, 15) is 9.59 Å². The number of nitrogens with one attached hydrogen (secondary N) is 1. The molecular formula is C19H19NO5. The molecule has 0 unspecified atom stereocenters. The summed E-state index contributed by atoms with van der Waals surface area (Å²) >= 11 is 0. The number of hydrogen-bond donors (Lipinski definition) is 1. The summed E-state index contributed by atoms with van der Waals surface area (Å²) in [5.74, 6) is 0.374. The highest BCUT2D eigenvalue weighted by atomic mass is 16.6. The fourth-order valence-electron chi connectivity index (χ4n) is 2.42. The summed E-state index contributed by atoms with van der Waals surface area (Å²) in [5.41, 5.74) is 1.40. The minimum Gasteiger partial charge on any atom is -0.486 e. The number of carbonyl (C=O) groups is 2. The van der Waals surface area contributed by atoms with Gasteiger partial charge in [-0.3, -0.25) is 9.59 Å². The molecule has 0 saturated heterocycles. The van der Waals surface area contributed by atoms with Gasteiger partial charge in [-0.15, -0.1) is 0 Å². The predicted molar refractivity (Wildman–Crippen MR) is 91.8 cm³/mol. The van der Waals surface area contributed by atoms with E-state index in [-0.39, 0.29) is 6.42 Å². The second-order valence-corrected chi connectivity index (χ2v) is 5.64. The molecule has 1 atom stereocenters. The van der Waals surface area contributed by atoms with Crippen LogP contribution >= 0.6 is 0 Å². The number of carbonyl (C=O) groups excluding carboxylic acids is 2. The molecule has 0 spiro atoms. The lowest BCUT2D eigenvalue weighted by Crippen LogP contribution is -2.30. The fourth-order valence-corrected chi connectivity index (χ4v) is 2.42. The second-order valence-electron chi connectivity index (χ2n) is 5.64. The molecule has 1 aliphatic rings. The van der Waals surface area contributed by atoms with Gasteiger partial charge in [-0.1, -0.05) is 30.3 Å². The Kier molecular flexibility index (Phi) is 5.18. The maximum atomic E-state index is 12.2. The van der Waals surface area contributed by atoms with Crippen molar-refractivity contribution in [1.82, 2.24) is 0 Å². The smallest absolute Gasteiger partial charge is 0.311 e. The molecule has 0 radical (unpaired) electrons. The summed E-state index contributed by atoms with van der Waals surface area (Å²) < 4.78 is 16.1. The highest BCUT2D eigenvalue weighted by Crippen LogP contribution is 2.32. The standard InChI is InChI=1S/C19H19NO5/c1-13(25-18(21)11-14-5-3-2-4-6-14)19(22)20-15-7-8-16-17(12-15)24-10-9-23-16/h2-8,12-13H,9-11H2,1H3,(H,20,22)/t13-/m0/s1. The number of anilines is 1. The summed E-state index contributed by atoms with van der Waals surface area (Å²) in [7, 11) is 0. The van der Waals surface area contributed by atoms with Gasteiger partial charge in [0.05, 0.1) is 6.42 Å². The van der Waals surface area contributed by atoms with Gasteiger partial charge in [-0.05, 0) is 24.6 Å². The number of rotatable bonds is 5. The van der Waals surface area contributed by atoms with Crippen molar-refractivity contribution < 1.29 is 23.8 Å². The van der Waals surface area contributed by atoms with Crippen molar-refractivity contribution in [3.05, 3.63) is 54.1 Å². The molecular weight excluding hydrogens is 322 g/mol. The van der Waals surface area contributed by atoms with Crippen LogP contribution in [0.1, 0.15) is 12.5 Å². The zero-order chi connectivity index (χ0) is 17.6. The molecule has 0 saturated carbocycles. The Bertz CT molecular complexity index is 760. The van der Waals surface area contributed by atoms with Crippen molar-refractivity contribution in [1.29, 1.82) is 0 Å². The van der Waals surface area contributed by atoms with E-state index in [1.54, 1.807) is 18.2 Å². The van der Waals surface area contributed by atoms with Crippen LogP contribution in [0, 0.1) is 0 Å². The van der Waals surface area contributed by atoms with Gasteiger partial charge in [-0.25, -0.2) is 0 Å². The Morgan fingerprint density at radius 3 is 2.56 bits per heavy atom. The van der Waals surface area contributed by atoms with Crippen LogP contribution < -0.4 is 14.8 Å². The third-order valence-corrected chi connectivity index (χ3v) is 3.68. The second kappa shape index (κ2) is 7.70. The first-order valence-electron chi connectivity index (χ1n) is 8.06. The zero-order valence-corrected chi connectivity index (χ0v) is 13.9. The van der Waals surface area contributed by atoms with Gasteiger partial charge in [0.25, 0.3) is 5.91 Å². The molecule has 0 aliphatic carbocycles. The molecule has 6 heteroatoms. The largest absolute Gasteiger partial charge is 0.486 e. The van der Waals surface area contributed by atoms with Crippen LogP contribution in [-0.2, 0) is 20.7 Å². The first-order valence-corrected chi connectivity index (χ1v) is 8.06. The molecule has 2 aromatic carbocycles. The Balaban J connectivity index is 1.54. The number of amides is 1. The Labute approximate surface area is 145 Å². The first kappa shape index (κ1) is 16.8. The summed E-state index contributed by atoms with van der Waals surface area (Å²) in [6.07, 6.45) is -0.771. The maximum Gasteiger partial charge on any atom is 0.311 e. The Morgan fingerprint density at radius 2 is 1.80 bits per heavy atom. The van der Waals surface area contributed by atoms with Crippen molar-refractivity contribution in [3.63, 3.8) is 0 Å². The van der Waals surface area contributed by atoms with Crippen LogP contribution in [0.25, 0.3) is 0 Å². The van der Waals surface area contributed by atoms with Gasteiger partial charge in [0.2, 0.25) is 0 Å². The highest BCUT2D eigenvalue weighted by molar-refractivity contribution is 5.95. The van der Waals surface area contributed by atoms with E-state index in [2.05, 4.69) is 5.32 Å². The summed E-state index contributed by atoms with van der Waals surface area (Å²) in [6.45, 7) is 2.52. The maximum absolute atomic E-state index is 12.2. The average Bonchev–Trinajstić information content (AvgIpc) is 2.62. The number of ether oxygens (including phenoxy) is 3. The minimum atomic E-state index is -0.899. The molecule has 3 rings (SSSR count). The number of hydrogen-bond acceptors (Lipinski definition) is 5. The van der Waals surface area contributed by atoms with E-state index < -0.39 is 18.0 Å². The van der Waals surface area contributed by atoms with Crippen LogP contribution in [0.4, 0.5) is 5.69 Å². The van der Waals surface area contributed by atoms with Gasteiger partial charge < -0.3 is 19.5 Å². The van der Waals surface area contributed by atoms with Crippen LogP contribution in [-0.4, -0.2) is 31.2 Å². The van der Waals surface area contributed by atoms with E-state index in [1.165, 1.54) is 6.92 Å². The topological polar surface area (TPSA) is 73.9 Å². The van der Waals surface area contributed by atoms with Gasteiger partial charge in [-0.2, -0.15) is 0 Å². The zero-order valence-electron chi connectivity index (χ0n) is 13.9. The van der Waals surface area contributed by atoms with E-state index in [4.69, 9.17) is 14.2 Å². The molecule has 6 nitrogen and oxygen atoms in total. The summed E-state index contributed by atoms with van der Waals surface area (Å²) in [6, 6.07) is 14.4. The lowest BCUT2D eigenvalue weighted by Gasteiger charge is -2.19. The monoisotopic (exact) mass is 341 g/mol. The summed E-state index contributed by atoms with van der Waals surface area (Å²) in [5, 5.41) is 2.71. The fraction of sp³-hybridized carbons (Fsp3) is 0.263. The SMILES string of the molecule is C[C@H](OC(=O)Cc1ccccc1)C(=O)Nc1ccc2c(c1)OCCO2. The van der Waals surface area contributed by atoms with Crippen molar-refractivity contribution >= 4 is 17.6 Å². The van der Waals surface area contributed by atoms with Gasteiger partial charge in [0.15, 0.2) is 17.6 Å². The van der Waals surface area contributed by atoms with Crippen LogP contribution in [0.2, 0.25) is 0 Å². The molecule has 2 aromatic rings. The van der Waals surface area contributed by atoms with E-state index in [1.807, 2.05) is 30.3 Å². The van der Waals surface area contributed by atoms with E-state index in [0.29, 0.717) is 30.4 Å². The first-order chi connectivity index (χ1) is 12.1. The third kappa shape index (κ3) is 4.50. The lowest BCUT2D eigenvalue weighted by molar-refractivity contribution is -0.152.